The highest BCUT2D eigenvalue weighted by atomic mass is 32.2. The van der Waals surface area contributed by atoms with Crippen LogP contribution in [0.1, 0.15) is 31.1 Å². The Morgan fingerprint density at radius 3 is 2.95 bits per heavy atom. The summed E-state index contributed by atoms with van der Waals surface area (Å²) in [7, 11) is 0. The largest absolute Gasteiger partial charge is 0.346 e. The number of likely N-dealkylation sites (tertiary alicyclic amines) is 1. The summed E-state index contributed by atoms with van der Waals surface area (Å²) in [5, 5.41) is 0. The molecular weight excluding hydrogens is 294 g/mol. The molecular formula is C17H21N3OS. The molecule has 0 spiro atoms. The van der Waals surface area contributed by atoms with Crippen LogP contribution in [0.5, 0.6) is 0 Å². The van der Waals surface area contributed by atoms with Crippen LogP contribution in [-0.2, 0) is 4.79 Å². The number of aromatic amines is 1. The Labute approximate surface area is 135 Å². The maximum Gasteiger partial charge on any atom is 0.233 e. The van der Waals surface area contributed by atoms with Crippen LogP contribution in [0.2, 0.25) is 0 Å². The average Bonchev–Trinajstić information content (AvgIpc) is 3.06. The van der Waals surface area contributed by atoms with Gasteiger partial charge in [-0.3, -0.25) is 4.79 Å². The lowest BCUT2D eigenvalue weighted by atomic mass is 10.0. The number of hydrogen-bond acceptors (Lipinski definition) is 3. The van der Waals surface area contributed by atoms with Crippen LogP contribution in [0.3, 0.4) is 0 Å². The molecule has 5 heteroatoms. The number of H-pyrrole nitrogens is 1. The van der Waals surface area contributed by atoms with Crippen LogP contribution < -0.4 is 0 Å². The smallest absolute Gasteiger partial charge is 0.233 e. The molecule has 1 saturated heterocycles. The highest BCUT2D eigenvalue weighted by Gasteiger charge is 2.29. The standard InChI is InChI=1S/C17H21N3OS/c1-22-12-16(21)20-10-6-5-9-15(20)17-18-11-14(19-17)13-7-3-2-4-8-13/h2-4,7-8,11,15H,5-6,9-10,12H2,1H3,(H,18,19). The SMILES string of the molecule is CSCC(=O)N1CCCCC1c1nc(-c2ccccc2)c[nH]1. The zero-order chi connectivity index (χ0) is 15.4. The van der Waals surface area contributed by atoms with E-state index in [-0.39, 0.29) is 11.9 Å². The minimum Gasteiger partial charge on any atom is -0.346 e. The first-order valence-corrected chi connectivity index (χ1v) is 9.08. The highest BCUT2D eigenvalue weighted by molar-refractivity contribution is 7.99. The maximum absolute atomic E-state index is 12.3. The minimum absolute atomic E-state index is 0.0888. The van der Waals surface area contributed by atoms with E-state index in [0.717, 1.165) is 42.9 Å². The summed E-state index contributed by atoms with van der Waals surface area (Å²) in [6.45, 7) is 0.839. The first-order chi connectivity index (χ1) is 10.8. The second-order valence-electron chi connectivity index (χ2n) is 5.57. The summed E-state index contributed by atoms with van der Waals surface area (Å²) in [5.41, 5.74) is 2.04. The van der Waals surface area contributed by atoms with Crippen molar-refractivity contribution >= 4 is 17.7 Å². The molecule has 0 saturated carbocycles. The fourth-order valence-electron chi connectivity index (χ4n) is 2.98. The van der Waals surface area contributed by atoms with E-state index in [2.05, 4.69) is 17.1 Å². The van der Waals surface area contributed by atoms with Gasteiger partial charge >= 0.3 is 0 Å². The number of nitrogens with zero attached hydrogens (tertiary/aromatic N) is 2. The third kappa shape index (κ3) is 3.19. The molecule has 4 nitrogen and oxygen atoms in total. The Kier molecular flexibility index (Phi) is 4.83. The van der Waals surface area contributed by atoms with Gasteiger partial charge in [0.2, 0.25) is 5.91 Å². The Balaban J connectivity index is 1.82. The lowest BCUT2D eigenvalue weighted by Crippen LogP contribution is -2.40. The molecule has 0 aliphatic carbocycles. The molecule has 3 rings (SSSR count). The van der Waals surface area contributed by atoms with Gasteiger partial charge in [0.05, 0.1) is 17.5 Å². The molecule has 0 radical (unpaired) electrons. The van der Waals surface area contributed by atoms with Gasteiger partial charge in [0, 0.05) is 18.3 Å². The lowest BCUT2D eigenvalue weighted by molar-refractivity contribution is -0.132. The summed E-state index contributed by atoms with van der Waals surface area (Å²) >= 11 is 1.58. The van der Waals surface area contributed by atoms with E-state index in [9.17, 15) is 4.79 Å². The third-order valence-electron chi connectivity index (χ3n) is 4.07. The van der Waals surface area contributed by atoms with Gasteiger partial charge in [-0.25, -0.2) is 4.98 Å². The van der Waals surface area contributed by atoms with Crippen molar-refractivity contribution in [2.45, 2.75) is 25.3 Å². The van der Waals surface area contributed by atoms with Crippen LogP contribution >= 0.6 is 11.8 Å². The van der Waals surface area contributed by atoms with Gasteiger partial charge in [0.15, 0.2) is 0 Å². The average molecular weight is 315 g/mol. The fourth-order valence-corrected chi connectivity index (χ4v) is 3.40. The number of piperidine rings is 1. The number of carbonyl (C=O) groups excluding carboxylic acids is 1. The van der Waals surface area contributed by atoms with Crippen molar-refractivity contribution in [3.63, 3.8) is 0 Å². The number of aromatic nitrogens is 2. The van der Waals surface area contributed by atoms with Crippen molar-refractivity contribution < 1.29 is 4.79 Å². The monoisotopic (exact) mass is 315 g/mol. The molecule has 116 valence electrons. The summed E-state index contributed by atoms with van der Waals surface area (Å²) in [6, 6.07) is 10.2. The van der Waals surface area contributed by atoms with Gasteiger partial charge < -0.3 is 9.88 Å². The molecule has 2 heterocycles. The second kappa shape index (κ2) is 7.01. The van der Waals surface area contributed by atoms with Crippen molar-refractivity contribution in [3.8, 4) is 11.3 Å². The first-order valence-electron chi connectivity index (χ1n) is 7.68. The summed E-state index contributed by atoms with van der Waals surface area (Å²) in [4.78, 5) is 22.3. The number of carbonyl (C=O) groups is 1. The molecule has 1 aromatic heterocycles. The van der Waals surface area contributed by atoms with Crippen molar-refractivity contribution in [2.75, 3.05) is 18.6 Å². The Morgan fingerprint density at radius 2 is 2.18 bits per heavy atom. The van der Waals surface area contributed by atoms with Gasteiger partial charge in [0.1, 0.15) is 5.82 Å². The second-order valence-corrected chi connectivity index (χ2v) is 6.43. The number of amides is 1. The Morgan fingerprint density at radius 1 is 1.36 bits per heavy atom. The van der Waals surface area contributed by atoms with Crippen LogP contribution in [0.25, 0.3) is 11.3 Å². The lowest BCUT2D eigenvalue weighted by Gasteiger charge is -2.34. The van der Waals surface area contributed by atoms with E-state index >= 15 is 0 Å². The van der Waals surface area contributed by atoms with E-state index in [1.54, 1.807) is 11.8 Å². The van der Waals surface area contributed by atoms with E-state index in [1.807, 2.05) is 35.6 Å². The normalized spacial score (nSPS) is 18.4. The molecule has 1 fully saturated rings. The van der Waals surface area contributed by atoms with E-state index < -0.39 is 0 Å². The molecule has 1 amide bonds. The zero-order valence-electron chi connectivity index (χ0n) is 12.8. The van der Waals surface area contributed by atoms with Gasteiger partial charge in [-0.1, -0.05) is 30.3 Å². The predicted molar refractivity (Wildman–Crippen MR) is 90.7 cm³/mol. The highest BCUT2D eigenvalue weighted by Crippen LogP contribution is 2.31. The maximum atomic E-state index is 12.3. The third-order valence-corrected chi connectivity index (χ3v) is 4.61. The molecule has 2 aromatic rings. The number of rotatable bonds is 4. The van der Waals surface area contributed by atoms with Crippen LogP contribution in [0.15, 0.2) is 36.5 Å². The van der Waals surface area contributed by atoms with Crippen molar-refractivity contribution in [2.24, 2.45) is 0 Å². The Hall–Kier alpha value is -1.75. The topological polar surface area (TPSA) is 49.0 Å². The van der Waals surface area contributed by atoms with Gasteiger partial charge in [-0.15, -0.1) is 0 Å². The molecule has 1 aliphatic rings. The van der Waals surface area contributed by atoms with Crippen molar-refractivity contribution in [3.05, 3.63) is 42.4 Å². The molecule has 22 heavy (non-hydrogen) atoms. The Bertz CT molecular complexity index is 626. The minimum atomic E-state index is 0.0888. The first kappa shape index (κ1) is 15.2. The summed E-state index contributed by atoms with van der Waals surface area (Å²) < 4.78 is 0. The summed E-state index contributed by atoms with van der Waals surface area (Å²) in [5.74, 6) is 1.67. The van der Waals surface area contributed by atoms with Crippen molar-refractivity contribution in [1.82, 2.24) is 14.9 Å². The molecule has 1 atom stereocenters. The van der Waals surface area contributed by atoms with Gasteiger partial charge in [0.25, 0.3) is 0 Å². The van der Waals surface area contributed by atoms with Crippen molar-refractivity contribution in [1.29, 1.82) is 0 Å². The number of benzene rings is 1. The predicted octanol–water partition coefficient (Wildman–Crippen LogP) is 3.49. The number of hydrogen-bond donors (Lipinski definition) is 1. The van der Waals surface area contributed by atoms with Crippen LogP contribution in [0.4, 0.5) is 0 Å². The van der Waals surface area contributed by atoms with E-state index in [1.165, 1.54) is 0 Å². The molecule has 1 N–H and O–H groups in total. The van der Waals surface area contributed by atoms with Crippen LogP contribution in [0, 0.1) is 0 Å². The quantitative estimate of drug-likeness (QED) is 0.939. The van der Waals surface area contributed by atoms with E-state index in [4.69, 9.17) is 4.98 Å². The number of nitrogens with one attached hydrogen (secondary N) is 1. The van der Waals surface area contributed by atoms with Gasteiger partial charge in [-0.05, 0) is 25.5 Å². The molecule has 0 bridgehead atoms. The molecule has 1 unspecified atom stereocenters. The zero-order valence-corrected chi connectivity index (χ0v) is 13.6. The molecule has 1 aliphatic heterocycles. The van der Waals surface area contributed by atoms with E-state index in [0.29, 0.717) is 5.75 Å². The fraction of sp³-hybridized carbons (Fsp3) is 0.412. The summed E-state index contributed by atoms with van der Waals surface area (Å²) in [6.07, 6.45) is 7.13. The van der Waals surface area contributed by atoms with Gasteiger partial charge in [-0.2, -0.15) is 11.8 Å². The number of imidazole rings is 1. The number of thioether (sulfide) groups is 1. The van der Waals surface area contributed by atoms with Crippen LogP contribution in [-0.4, -0.2) is 39.3 Å². The molecule has 1 aromatic carbocycles.